The zero-order valence-corrected chi connectivity index (χ0v) is 15.7. The molecule has 1 rings (SSSR count). The lowest BCUT2D eigenvalue weighted by Gasteiger charge is -2.34. The van der Waals surface area contributed by atoms with Crippen LogP contribution in [-0.2, 0) is 4.74 Å². The number of nitriles is 1. The highest BCUT2D eigenvalue weighted by Crippen LogP contribution is 2.39. The molecule has 1 atom stereocenters. The quantitative estimate of drug-likeness (QED) is 0.617. The number of hydrogen-bond acceptors (Lipinski definition) is 4. The third-order valence-corrected chi connectivity index (χ3v) is 5.16. The number of rotatable bonds is 5. The molecule has 1 saturated heterocycles. The van der Waals surface area contributed by atoms with Crippen molar-refractivity contribution in [3.63, 3.8) is 0 Å². The molecule has 0 aliphatic carbocycles. The fourth-order valence-electron chi connectivity index (χ4n) is 2.45. The molecule has 0 bridgehead atoms. The summed E-state index contributed by atoms with van der Waals surface area (Å²) in [5.74, 6) is -5.37. The second-order valence-corrected chi connectivity index (χ2v) is 8.43. The molecule has 0 aromatic heterocycles. The molecule has 1 aliphatic heterocycles. The van der Waals surface area contributed by atoms with E-state index in [4.69, 9.17) is 4.74 Å². The van der Waals surface area contributed by atoms with Crippen LogP contribution in [0.15, 0.2) is 0 Å². The van der Waals surface area contributed by atoms with Gasteiger partial charge in [-0.1, -0.05) is 0 Å². The van der Waals surface area contributed by atoms with Gasteiger partial charge in [-0.15, -0.1) is 11.8 Å². The van der Waals surface area contributed by atoms with Gasteiger partial charge in [0.2, 0.25) is 0 Å². The molecular weight excluding hydrogens is 379 g/mol. The summed E-state index contributed by atoms with van der Waals surface area (Å²) in [5, 5.41) is 8.53. The Morgan fingerprint density at radius 2 is 1.77 bits per heavy atom. The van der Waals surface area contributed by atoms with Gasteiger partial charge in [-0.05, 0) is 39.5 Å². The maximum Gasteiger partial charge on any atom is 0.453 e. The molecule has 0 spiro atoms. The third kappa shape index (κ3) is 6.82. The van der Waals surface area contributed by atoms with Crippen molar-refractivity contribution in [3.8, 4) is 6.07 Å². The first-order chi connectivity index (χ1) is 11.8. The molecule has 150 valence electrons. The van der Waals surface area contributed by atoms with Crippen LogP contribution in [0.2, 0.25) is 0 Å². The van der Waals surface area contributed by atoms with Crippen LogP contribution >= 0.6 is 11.8 Å². The molecule has 1 aliphatic rings. The van der Waals surface area contributed by atoms with E-state index in [2.05, 4.69) is 0 Å². The monoisotopic (exact) mass is 402 g/mol. The van der Waals surface area contributed by atoms with Crippen LogP contribution < -0.4 is 0 Å². The van der Waals surface area contributed by atoms with Crippen LogP contribution in [-0.4, -0.2) is 52.8 Å². The molecule has 0 saturated carbocycles. The summed E-state index contributed by atoms with van der Waals surface area (Å²) in [4.78, 5) is 13.5. The minimum Gasteiger partial charge on any atom is -0.444 e. The predicted molar refractivity (Wildman–Crippen MR) is 88.0 cm³/mol. The maximum absolute atomic E-state index is 12.9. The van der Waals surface area contributed by atoms with Crippen molar-refractivity contribution >= 4 is 17.9 Å². The summed E-state index contributed by atoms with van der Waals surface area (Å²) in [6, 6.07) is 1.98. The number of alkyl halides is 5. The van der Waals surface area contributed by atoms with Crippen LogP contribution in [0.5, 0.6) is 0 Å². The number of ether oxygens (including phenoxy) is 1. The van der Waals surface area contributed by atoms with E-state index >= 15 is 0 Å². The van der Waals surface area contributed by atoms with Crippen molar-refractivity contribution in [3.05, 3.63) is 0 Å². The summed E-state index contributed by atoms with van der Waals surface area (Å²) in [7, 11) is 0. The summed E-state index contributed by atoms with van der Waals surface area (Å²) < 4.78 is 67.6. The SMILES string of the molecule is CC(C)(C)OC(=O)N1CCC(C(C#N)SCCC(F)(F)C(F)(F)F)CC1. The molecule has 0 aromatic carbocycles. The third-order valence-electron chi connectivity index (χ3n) is 3.87. The summed E-state index contributed by atoms with van der Waals surface area (Å²) in [5.41, 5.74) is -0.622. The average molecular weight is 402 g/mol. The van der Waals surface area contributed by atoms with Gasteiger partial charge in [0.05, 0.1) is 11.3 Å². The van der Waals surface area contributed by atoms with E-state index in [1.54, 1.807) is 20.8 Å². The number of piperidine rings is 1. The number of carbonyl (C=O) groups excluding carboxylic acids is 1. The van der Waals surface area contributed by atoms with Crippen molar-refractivity contribution < 1.29 is 31.5 Å². The van der Waals surface area contributed by atoms with Gasteiger partial charge in [-0.25, -0.2) is 4.79 Å². The minimum atomic E-state index is -5.57. The lowest BCUT2D eigenvalue weighted by molar-refractivity contribution is -0.282. The average Bonchev–Trinajstić information content (AvgIpc) is 2.49. The molecular formula is C16H23F5N2O2S. The molecule has 0 N–H and O–H groups in total. The molecule has 26 heavy (non-hydrogen) atoms. The van der Waals surface area contributed by atoms with Crippen LogP contribution in [0.1, 0.15) is 40.0 Å². The fourth-order valence-corrected chi connectivity index (χ4v) is 3.69. The first-order valence-electron chi connectivity index (χ1n) is 8.20. The molecule has 0 radical (unpaired) electrons. The van der Waals surface area contributed by atoms with Crippen molar-refractivity contribution in [2.24, 2.45) is 5.92 Å². The smallest absolute Gasteiger partial charge is 0.444 e. The van der Waals surface area contributed by atoms with Gasteiger partial charge >= 0.3 is 18.2 Å². The molecule has 1 amide bonds. The number of hydrogen-bond donors (Lipinski definition) is 0. The highest BCUT2D eigenvalue weighted by molar-refractivity contribution is 8.00. The first kappa shape index (κ1) is 22.8. The zero-order valence-electron chi connectivity index (χ0n) is 14.9. The van der Waals surface area contributed by atoms with E-state index in [9.17, 15) is 32.0 Å². The van der Waals surface area contributed by atoms with Gasteiger partial charge in [-0.3, -0.25) is 0 Å². The lowest BCUT2D eigenvalue weighted by atomic mass is 9.94. The van der Waals surface area contributed by atoms with Crippen molar-refractivity contribution in [2.75, 3.05) is 18.8 Å². The highest BCUT2D eigenvalue weighted by atomic mass is 32.2. The highest BCUT2D eigenvalue weighted by Gasteiger charge is 2.56. The van der Waals surface area contributed by atoms with E-state index in [-0.39, 0.29) is 5.92 Å². The number of likely N-dealkylation sites (tertiary alicyclic amines) is 1. The van der Waals surface area contributed by atoms with Crippen LogP contribution in [0.4, 0.5) is 26.7 Å². The second-order valence-electron chi connectivity index (χ2n) is 7.18. The van der Waals surface area contributed by atoms with Crippen molar-refractivity contribution in [2.45, 2.75) is 63.0 Å². The Hall–Kier alpha value is -1.24. The van der Waals surface area contributed by atoms with Gasteiger partial charge < -0.3 is 9.64 Å². The number of amides is 1. The topological polar surface area (TPSA) is 53.3 Å². The van der Waals surface area contributed by atoms with E-state index < -0.39 is 41.2 Å². The Kier molecular flexibility index (Phi) is 7.57. The molecule has 1 unspecified atom stereocenters. The summed E-state index contributed by atoms with van der Waals surface area (Å²) >= 11 is 0.815. The number of carbonyl (C=O) groups is 1. The van der Waals surface area contributed by atoms with E-state index in [0.717, 1.165) is 11.8 Å². The van der Waals surface area contributed by atoms with Crippen LogP contribution in [0, 0.1) is 17.2 Å². The Bertz CT molecular complexity index is 520. The van der Waals surface area contributed by atoms with Gasteiger partial charge in [-0.2, -0.15) is 27.2 Å². The first-order valence-corrected chi connectivity index (χ1v) is 9.25. The normalized spacial score (nSPS) is 18.3. The minimum absolute atomic E-state index is 0.164. The van der Waals surface area contributed by atoms with Gasteiger partial charge in [0, 0.05) is 25.3 Å². The number of halogens is 5. The van der Waals surface area contributed by atoms with Gasteiger partial charge in [0.25, 0.3) is 0 Å². The Morgan fingerprint density at radius 1 is 1.23 bits per heavy atom. The Labute approximate surface area is 154 Å². The molecule has 1 heterocycles. The van der Waals surface area contributed by atoms with Crippen LogP contribution in [0.3, 0.4) is 0 Å². The summed E-state index contributed by atoms with van der Waals surface area (Å²) in [6.07, 6.45) is -6.44. The van der Waals surface area contributed by atoms with Crippen LogP contribution in [0.25, 0.3) is 0 Å². The lowest BCUT2D eigenvalue weighted by Crippen LogP contribution is -2.43. The summed E-state index contributed by atoms with van der Waals surface area (Å²) in [6.45, 7) is 5.96. The zero-order chi connectivity index (χ0) is 20.2. The van der Waals surface area contributed by atoms with E-state index in [1.165, 1.54) is 4.90 Å². The maximum atomic E-state index is 12.9. The van der Waals surface area contributed by atoms with Crippen molar-refractivity contribution in [1.29, 1.82) is 5.26 Å². The van der Waals surface area contributed by atoms with E-state index in [1.807, 2.05) is 6.07 Å². The predicted octanol–water partition coefficient (Wildman–Crippen LogP) is 4.85. The number of thioether (sulfide) groups is 1. The standard InChI is InChI=1S/C16H23F5N2O2S/c1-14(2,3)25-13(24)23-7-4-11(5-8-23)12(10-22)26-9-6-15(17,18)16(19,20)21/h11-12H,4-9H2,1-3H3. The Morgan fingerprint density at radius 3 is 2.19 bits per heavy atom. The second kappa shape index (κ2) is 8.63. The van der Waals surface area contributed by atoms with Gasteiger partial charge in [0.15, 0.2) is 0 Å². The van der Waals surface area contributed by atoms with E-state index in [0.29, 0.717) is 25.9 Å². The van der Waals surface area contributed by atoms with Gasteiger partial charge in [0.1, 0.15) is 5.60 Å². The molecule has 0 aromatic rings. The Balaban J connectivity index is 2.47. The van der Waals surface area contributed by atoms with Crippen molar-refractivity contribution in [1.82, 2.24) is 4.90 Å². The number of nitrogens with zero attached hydrogens (tertiary/aromatic N) is 2. The molecule has 4 nitrogen and oxygen atoms in total. The largest absolute Gasteiger partial charge is 0.453 e. The fraction of sp³-hybridized carbons (Fsp3) is 0.875. The molecule has 10 heteroatoms. The molecule has 1 fully saturated rings.